The van der Waals surface area contributed by atoms with Crippen molar-refractivity contribution in [2.45, 2.75) is 39.2 Å². The van der Waals surface area contributed by atoms with E-state index in [0.717, 1.165) is 5.56 Å². The minimum atomic E-state index is -0.531. The summed E-state index contributed by atoms with van der Waals surface area (Å²) in [5, 5.41) is 2.92. The number of amides is 1. The Kier molecular flexibility index (Phi) is 6.36. The summed E-state index contributed by atoms with van der Waals surface area (Å²) in [7, 11) is 0. The van der Waals surface area contributed by atoms with Crippen LogP contribution in [0.5, 0.6) is 0 Å². The van der Waals surface area contributed by atoms with Crippen LogP contribution in [0.15, 0.2) is 24.3 Å². The van der Waals surface area contributed by atoms with Crippen molar-refractivity contribution in [2.75, 3.05) is 6.54 Å². The van der Waals surface area contributed by atoms with Crippen LogP contribution in [0, 0.1) is 6.92 Å². The van der Waals surface area contributed by atoms with Crippen LogP contribution in [0.4, 0.5) is 0 Å². The van der Waals surface area contributed by atoms with Gasteiger partial charge in [0.15, 0.2) is 0 Å². The third-order valence-electron chi connectivity index (χ3n) is 3.07. The van der Waals surface area contributed by atoms with Crippen LogP contribution in [0.1, 0.15) is 31.9 Å². The minimum Gasteiger partial charge on any atom is -0.352 e. The standard InChI is InChI=1S/C14H22N2O.ClH/c1-10-5-7-12(8-6-10)14(3,4)13(17)16-11(2)9-15;/h5-8,11H,9,15H2,1-4H3,(H,16,17);1H/t11-;/m0./s1. The first-order chi connectivity index (χ1) is 7.87. The van der Waals surface area contributed by atoms with E-state index >= 15 is 0 Å². The van der Waals surface area contributed by atoms with Gasteiger partial charge in [0.25, 0.3) is 0 Å². The molecule has 0 fully saturated rings. The van der Waals surface area contributed by atoms with Crippen LogP contribution < -0.4 is 11.1 Å². The topological polar surface area (TPSA) is 55.1 Å². The van der Waals surface area contributed by atoms with Crippen molar-refractivity contribution in [3.05, 3.63) is 35.4 Å². The first kappa shape index (κ1) is 16.9. The second-order valence-electron chi connectivity index (χ2n) is 5.10. The molecule has 0 aliphatic heterocycles. The van der Waals surface area contributed by atoms with Crippen molar-refractivity contribution in [3.63, 3.8) is 0 Å². The van der Waals surface area contributed by atoms with Crippen LogP contribution >= 0.6 is 12.4 Å². The summed E-state index contributed by atoms with van der Waals surface area (Å²) in [6.07, 6.45) is 0. The number of benzene rings is 1. The second-order valence-corrected chi connectivity index (χ2v) is 5.10. The lowest BCUT2D eigenvalue weighted by Crippen LogP contribution is -2.46. The van der Waals surface area contributed by atoms with Gasteiger partial charge in [0.1, 0.15) is 0 Å². The van der Waals surface area contributed by atoms with Crippen molar-refractivity contribution in [1.29, 1.82) is 0 Å². The van der Waals surface area contributed by atoms with Crippen molar-refractivity contribution >= 4 is 18.3 Å². The first-order valence-corrected chi connectivity index (χ1v) is 5.96. The number of hydrogen-bond acceptors (Lipinski definition) is 2. The largest absolute Gasteiger partial charge is 0.352 e. The van der Waals surface area contributed by atoms with Gasteiger partial charge >= 0.3 is 0 Å². The molecule has 102 valence electrons. The number of hydrogen-bond donors (Lipinski definition) is 2. The molecule has 1 aromatic rings. The van der Waals surface area contributed by atoms with Gasteiger partial charge in [0.2, 0.25) is 5.91 Å². The maximum atomic E-state index is 12.2. The summed E-state index contributed by atoms with van der Waals surface area (Å²) >= 11 is 0. The number of nitrogens with two attached hydrogens (primary N) is 1. The van der Waals surface area contributed by atoms with Gasteiger partial charge in [0.05, 0.1) is 5.41 Å². The van der Waals surface area contributed by atoms with Gasteiger partial charge in [-0.1, -0.05) is 29.8 Å². The third kappa shape index (κ3) is 4.00. The number of aryl methyl sites for hydroxylation is 1. The monoisotopic (exact) mass is 270 g/mol. The summed E-state index contributed by atoms with van der Waals surface area (Å²) in [4.78, 5) is 12.2. The quantitative estimate of drug-likeness (QED) is 0.881. The number of nitrogens with one attached hydrogen (secondary N) is 1. The molecule has 0 saturated heterocycles. The molecule has 0 radical (unpaired) electrons. The Hall–Kier alpha value is -1.06. The zero-order valence-electron chi connectivity index (χ0n) is 11.5. The summed E-state index contributed by atoms with van der Waals surface area (Å²) < 4.78 is 0. The molecular weight excluding hydrogens is 248 g/mol. The molecule has 1 rings (SSSR count). The Bertz CT molecular complexity index is 387. The molecule has 1 amide bonds. The Labute approximate surface area is 116 Å². The SMILES string of the molecule is Cc1ccc(C(C)(C)C(=O)N[C@@H](C)CN)cc1.Cl. The normalized spacial score (nSPS) is 12.5. The predicted octanol–water partition coefficient (Wildman–Crippen LogP) is 2.16. The second kappa shape index (κ2) is 6.76. The summed E-state index contributed by atoms with van der Waals surface area (Å²) in [5.74, 6) is 0.0132. The van der Waals surface area contributed by atoms with E-state index in [-0.39, 0.29) is 24.4 Å². The van der Waals surface area contributed by atoms with E-state index < -0.39 is 5.41 Å². The van der Waals surface area contributed by atoms with Gasteiger partial charge in [-0.2, -0.15) is 0 Å². The van der Waals surface area contributed by atoms with E-state index in [1.807, 2.05) is 52.0 Å². The van der Waals surface area contributed by atoms with E-state index in [9.17, 15) is 4.79 Å². The predicted molar refractivity (Wildman–Crippen MR) is 78.1 cm³/mol. The van der Waals surface area contributed by atoms with Crippen molar-refractivity contribution in [1.82, 2.24) is 5.32 Å². The lowest BCUT2D eigenvalue weighted by atomic mass is 9.83. The fourth-order valence-electron chi connectivity index (χ4n) is 1.56. The van der Waals surface area contributed by atoms with Crippen LogP contribution in [0.25, 0.3) is 0 Å². The molecule has 1 atom stereocenters. The van der Waals surface area contributed by atoms with Crippen LogP contribution in [-0.2, 0) is 10.2 Å². The molecule has 1 aromatic carbocycles. The fraction of sp³-hybridized carbons (Fsp3) is 0.500. The summed E-state index contributed by atoms with van der Waals surface area (Å²) in [6, 6.07) is 8.06. The van der Waals surface area contributed by atoms with Gasteiger partial charge in [-0.25, -0.2) is 0 Å². The molecule has 3 nitrogen and oxygen atoms in total. The van der Waals surface area contributed by atoms with Gasteiger partial charge in [-0.15, -0.1) is 12.4 Å². The number of halogens is 1. The third-order valence-corrected chi connectivity index (χ3v) is 3.07. The molecule has 0 saturated carbocycles. The van der Waals surface area contributed by atoms with Gasteiger partial charge < -0.3 is 11.1 Å². The van der Waals surface area contributed by atoms with E-state index in [4.69, 9.17) is 5.73 Å². The van der Waals surface area contributed by atoms with E-state index in [2.05, 4.69) is 5.32 Å². The highest BCUT2D eigenvalue weighted by molar-refractivity contribution is 5.87. The molecule has 0 bridgehead atoms. The molecule has 18 heavy (non-hydrogen) atoms. The highest BCUT2D eigenvalue weighted by atomic mass is 35.5. The summed E-state index contributed by atoms with van der Waals surface area (Å²) in [5.41, 5.74) is 7.19. The smallest absolute Gasteiger partial charge is 0.230 e. The van der Waals surface area contributed by atoms with Crippen LogP contribution in [-0.4, -0.2) is 18.5 Å². The maximum Gasteiger partial charge on any atom is 0.230 e. The molecule has 0 spiro atoms. The highest BCUT2D eigenvalue weighted by Gasteiger charge is 2.30. The lowest BCUT2D eigenvalue weighted by Gasteiger charge is -2.26. The van der Waals surface area contributed by atoms with Crippen molar-refractivity contribution in [3.8, 4) is 0 Å². The highest BCUT2D eigenvalue weighted by Crippen LogP contribution is 2.23. The summed E-state index contributed by atoms with van der Waals surface area (Å²) in [6.45, 7) is 8.25. The first-order valence-electron chi connectivity index (χ1n) is 5.96. The van der Waals surface area contributed by atoms with Gasteiger partial charge in [-0.05, 0) is 33.3 Å². The maximum absolute atomic E-state index is 12.2. The van der Waals surface area contributed by atoms with Crippen LogP contribution in [0.3, 0.4) is 0 Å². The number of carbonyl (C=O) groups excluding carboxylic acids is 1. The molecule has 0 aliphatic carbocycles. The molecule has 3 N–H and O–H groups in total. The average Bonchev–Trinajstić information content (AvgIpc) is 2.29. The zero-order chi connectivity index (χ0) is 13.1. The number of rotatable bonds is 4. The Balaban J connectivity index is 0.00000289. The Morgan fingerprint density at radius 1 is 1.33 bits per heavy atom. The van der Waals surface area contributed by atoms with E-state index in [0.29, 0.717) is 6.54 Å². The van der Waals surface area contributed by atoms with Crippen molar-refractivity contribution in [2.24, 2.45) is 5.73 Å². The molecule has 0 heterocycles. The Morgan fingerprint density at radius 2 is 1.83 bits per heavy atom. The zero-order valence-corrected chi connectivity index (χ0v) is 12.3. The van der Waals surface area contributed by atoms with Gasteiger partial charge in [0, 0.05) is 12.6 Å². The lowest BCUT2D eigenvalue weighted by molar-refractivity contribution is -0.126. The van der Waals surface area contributed by atoms with E-state index in [1.165, 1.54) is 5.56 Å². The molecule has 0 aromatic heterocycles. The molecule has 4 heteroatoms. The average molecular weight is 271 g/mol. The van der Waals surface area contributed by atoms with Crippen LogP contribution in [0.2, 0.25) is 0 Å². The molecular formula is C14H23ClN2O. The minimum absolute atomic E-state index is 0. The van der Waals surface area contributed by atoms with Crippen molar-refractivity contribution < 1.29 is 4.79 Å². The molecule has 0 aliphatic rings. The van der Waals surface area contributed by atoms with E-state index in [1.54, 1.807) is 0 Å². The Morgan fingerprint density at radius 3 is 2.28 bits per heavy atom. The number of carbonyl (C=O) groups is 1. The fourth-order valence-corrected chi connectivity index (χ4v) is 1.56. The van der Waals surface area contributed by atoms with Gasteiger partial charge in [-0.3, -0.25) is 4.79 Å². The molecule has 0 unspecified atom stereocenters.